The molecule has 2 aromatic rings. The van der Waals surface area contributed by atoms with Crippen molar-refractivity contribution in [3.63, 3.8) is 0 Å². The molecule has 2 amide bonds. The van der Waals surface area contributed by atoms with Crippen LogP contribution < -0.4 is 19.7 Å². The summed E-state index contributed by atoms with van der Waals surface area (Å²) in [6, 6.07) is 11.8. The maximum atomic E-state index is 12.4. The predicted octanol–water partition coefficient (Wildman–Crippen LogP) is 3.35. The molecule has 7 heteroatoms. The summed E-state index contributed by atoms with van der Waals surface area (Å²) >= 11 is 5.96. The van der Waals surface area contributed by atoms with Gasteiger partial charge in [-0.1, -0.05) is 17.7 Å². The number of halogens is 1. The second kappa shape index (κ2) is 8.39. The summed E-state index contributed by atoms with van der Waals surface area (Å²) in [4.78, 5) is 25.7. The lowest BCUT2D eigenvalue weighted by molar-refractivity contribution is -0.120. The average Bonchev–Trinajstić information content (AvgIpc) is 2.59. The number of rotatable bonds is 6. The maximum Gasteiger partial charge on any atom is 0.244 e. The van der Waals surface area contributed by atoms with E-state index in [0.29, 0.717) is 27.9 Å². The van der Waals surface area contributed by atoms with Crippen LogP contribution in [0.5, 0.6) is 11.5 Å². The molecule has 0 radical (unpaired) electrons. The molecule has 0 fully saturated rings. The number of benzene rings is 2. The Morgan fingerprint density at radius 3 is 2.48 bits per heavy atom. The molecule has 0 saturated heterocycles. The second-order valence-corrected chi connectivity index (χ2v) is 5.64. The Morgan fingerprint density at radius 1 is 1.12 bits per heavy atom. The highest BCUT2D eigenvalue weighted by Crippen LogP contribution is 2.29. The zero-order valence-corrected chi connectivity index (χ0v) is 15.0. The summed E-state index contributed by atoms with van der Waals surface area (Å²) in [5.74, 6) is 0.428. The van der Waals surface area contributed by atoms with Gasteiger partial charge in [0, 0.05) is 23.7 Å². The van der Waals surface area contributed by atoms with Gasteiger partial charge in [-0.3, -0.25) is 9.59 Å². The van der Waals surface area contributed by atoms with E-state index in [1.807, 2.05) is 0 Å². The minimum Gasteiger partial charge on any atom is -0.497 e. The van der Waals surface area contributed by atoms with E-state index in [2.05, 4.69) is 5.32 Å². The number of nitrogens with zero attached hydrogens (tertiary/aromatic N) is 1. The fourth-order valence-corrected chi connectivity index (χ4v) is 2.46. The van der Waals surface area contributed by atoms with Gasteiger partial charge in [0.1, 0.15) is 18.0 Å². The summed E-state index contributed by atoms with van der Waals surface area (Å²) in [5, 5.41) is 3.22. The third-order valence-electron chi connectivity index (χ3n) is 3.48. The van der Waals surface area contributed by atoms with Crippen LogP contribution in [0.4, 0.5) is 11.4 Å². The van der Waals surface area contributed by atoms with Gasteiger partial charge < -0.3 is 19.7 Å². The molecule has 2 aromatic carbocycles. The van der Waals surface area contributed by atoms with Gasteiger partial charge in [-0.2, -0.15) is 0 Å². The molecular formula is C18H19ClN2O4. The van der Waals surface area contributed by atoms with Crippen LogP contribution in [0.15, 0.2) is 42.5 Å². The van der Waals surface area contributed by atoms with E-state index >= 15 is 0 Å². The summed E-state index contributed by atoms with van der Waals surface area (Å²) < 4.78 is 10.4. The summed E-state index contributed by atoms with van der Waals surface area (Å²) in [5.41, 5.74) is 1.01. The Labute approximate surface area is 151 Å². The Hall–Kier alpha value is -2.73. The molecule has 0 atom stereocenters. The monoisotopic (exact) mass is 362 g/mol. The summed E-state index contributed by atoms with van der Waals surface area (Å²) in [6.45, 7) is 1.23. The number of hydrogen-bond donors (Lipinski definition) is 1. The van der Waals surface area contributed by atoms with E-state index in [-0.39, 0.29) is 18.4 Å². The van der Waals surface area contributed by atoms with Crippen LogP contribution in [0.1, 0.15) is 6.92 Å². The molecule has 0 saturated carbocycles. The van der Waals surface area contributed by atoms with E-state index in [0.717, 1.165) is 0 Å². The Balaban J connectivity index is 2.18. The largest absolute Gasteiger partial charge is 0.497 e. The van der Waals surface area contributed by atoms with Crippen molar-refractivity contribution in [3.8, 4) is 11.5 Å². The first-order valence-electron chi connectivity index (χ1n) is 7.50. The third kappa shape index (κ3) is 4.87. The van der Waals surface area contributed by atoms with Crippen molar-refractivity contribution in [2.24, 2.45) is 0 Å². The van der Waals surface area contributed by atoms with Crippen LogP contribution in [0.2, 0.25) is 5.02 Å². The highest BCUT2D eigenvalue weighted by molar-refractivity contribution is 6.31. The number of anilines is 2. The zero-order chi connectivity index (χ0) is 18.4. The molecule has 0 heterocycles. The first-order valence-corrected chi connectivity index (χ1v) is 7.88. The second-order valence-electron chi connectivity index (χ2n) is 5.20. The smallest absolute Gasteiger partial charge is 0.244 e. The fourth-order valence-electron chi connectivity index (χ4n) is 2.27. The minimum absolute atomic E-state index is 0.157. The van der Waals surface area contributed by atoms with Crippen molar-refractivity contribution in [1.82, 2.24) is 0 Å². The first-order chi connectivity index (χ1) is 11.9. The summed E-state index contributed by atoms with van der Waals surface area (Å²) in [7, 11) is 3.04. The van der Waals surface area contributed by atoms with Crippen molar-refractivity contribution in [3.05, 3.63) is 47.5 Å². The quantitative estimate of drug-likeness (QED) is 0.855. The van der Waals surface area contributed by atoms with Crippen molar-refractivity contribution in [2.45, 2.75) is 6.92 Å². The van der Waals surface area contributed by atoms with E-state index in [1.54, 1.807) is 42.5 Å². The van der Waals surface area contributed by atoms with Gasteiger partial charge in [0.25, 0.3) is 0 Å². The van der Waals surface area contributed by atoms with Gasteiger partial charge in [-0.05, 0) is 30.3 Å². The predicted molar refractivity (Wildman–Crippen MR) is 97.7 cm³/mol. The van der Waals surface area contributed by atoms with E-state index < -0.39 is 0 Å². The van der Waals surface area contributed by atoms with Crippen LogP contribution in [-0.4, -0.2) is 32.6 Å². The van der Waals surface area contributed by atoms with Gasteiger partial charge >= 0.3 is 0 Å². The number of methoxy groups -OCH3 is 2. The van der Waals surface area contributed by atoms with Crippen molar-refractivity contribution >= 4 is 34.8 Å². The van der Waals surface area contributed by atoms with Crippen LogP contribution in [0, 0.1) is 0 Å². The highest BCUT2D eigenvalue weighted by Gasteiger charge is 2.17. The van der Waals surface area contributed by atoms with Crippen LogP contribution >= 0.6 is 11.6 Å². The van der Waals surface area contributed by atoms with Crippen LogP contribution in [-0.2, 0) is 9.59 Å². The topological polar surface area (TPSA) is 67.9 Å². The number of hydrogen-bond acceptors (Lipinski definition) is 4. The molecular weight excluding hydrogens is 344 g/mol. The van der Waals surface area contributed by atoms with Crippen molar-refractivity contribution < 1.29 is 19.1 Å². The maximum absolute atomic E-state index is 12.4. The van der Waals surface area contributed by atoms with E-state index in [9.17, 15) is 9.59 Å². The number of amides is 2. The normalized spacial score (nSPS) is 10.1. The molecule has 0 aliphatic rings. The molecule has 132 valence electrons. The van der Waals surface area contributed by atoms with E-state index in [1.165, 1.54) is 26.0 Å². The van der Waals surface area contributed by atoms with Crippen LogP contribution in [0.25, 0.3) is 0 Å². The van der Waals surface area contributed by atoms with Gasteiger partial charge in [0.05, 0.1) is 19.9 Å². The molecule has 25 heavy (non-hydrogen) atoms. The Morgan fingerprint density at radius 2 is 1.88 bits per heavy atom. The van der Waals surface area contributed by atoms with Crippen LogP contribution in [0.3, 0.4) is 0 Å². The first kappa shape index (κ1) is 18.6. The fraction of sp³-hybridized carbons (Fsp3) is 0.222. The molecule has 0 aliphatic carbocycles. The van der Waals surface area contributed by atoms with Crippen molar-refractivity contribution in [1.29, 1.82) is 0 Å². The van der Waals surface area contributed by atoms with Gasteiger partial charge in [0.15, 0.2) is 0 Å². The zero-order valence-electron chi connectivity index (χ0n) is 14.2. The molecule has 0 spiro atoms. The molecule has 2 rings (SSSR count). The molecule has 0 aromatic heterocycles. The standard InChI is InChI=1S/C18H19ClN2O4/c1-12(22)21(14-6-4-5-13(19)9-14)11-18(23)20-16-10-15(24-2)7-8-17(16)25-3/h4-10H,11H2,1-3H3,(H,20,23). The molecule has 1 N–H and O–H groups in total. The Kier molecular flexibility index (Phi) is 6.25. The van der Waals surface area contributed by atoms with Gasteiger partial charge in [-0.15, -0.1) is 0 Å². The Bertz CT molecular complexity index is 779. The lowest BCUT2D eigenvalue weighted by atomic mass is 10.2. The number of ether oxygens (including phenoxy) is 2. The number of carbonyl (C=O) groups is 2. The lowest BCUT2D eigenvalue weighted by Crippen LogP contribution is -2.36. The minimum atomic E-state index is -0.373. The van der Waals surface area contributed by atoms with Crippen molar-refractivity contribution in [2.75, 3.05) is 31.0 Å². The average molecular weight is 363 g/mol. The number of carbonyl (C=O) groups excluding carboxylic acids is 2. The molecule has 0 bridgehead atoms. The SMILES string of the molecule is COc1ccc(OC)c(NC(=O)CN(C(C)=O)c2cccc(Cl)c2)c1. The molecule has 6 nitrogen and oxygen atoms in total. The third-order valence-corrected chi connectivity index (χ3v) is 3.72. The number of nitrogens with one attached hydrogen (secondary N) is 1. The van der Waals surface area contributed by atoms with E-state index in [4.69, 9.17) is 21.1 Å². The molecule has 0 unspecified atom stereocenters. The lowest BCUT2D eigenvalue weighted by Gasteiger charge is -2.21. The summed E-state index contributed by atoms with van der Waals surface area (Å²) in [6.07, 6.45) is 0. The van der Waals surface area contributed by atoms with Gasteiger partial charge in [0.2, 0.25) is 11.8 Å². The molecule has 0 aliphatic heterocycles. The highest BCUT2D eigenvalue weighted by atomic mass is 35.5. The van der Waals surface area contributed by atoms with Gasteiger partial charge in [-0.25, -0.2) is 0 Å².